The van der Waals surface area contributed by atoms with E-state index in [2.05, 4.69) is 27.5 Å². The van der Waals surface area contributed by atoms with Crippen molar-refractivity contribution in [1.29, 1.82) is 0 Å². The van der Waals surface area contributed by atoms with Crippen LogP contribution in [0.1, 0.15) is 5.56 Å². The minimum Gasteiger partial charge on any atom is -0.497 e. The van der Waals surface area contributed by atoms with E-state index >= 15 is 0 Å². The minimum absolute atomic E-state index is 0.837. The van der Waals surface area contributed by atoms with Crippen LogP contribution in [0.4, 0.5) is 5.82 Å². The van der Waals surface area contributed by atoms with Gasteiger partial charge in [-0.15, -0.1) is 0 Å². The summed E-state index contributed by atoms with van der Waals surface area (Å²) >= 11 is 0. The second-order valence-corrected chi connectivity index (χ2v) is 4.47. The van der Waals surface area contributed by atoms with Crippen molar-refractivity contribution in [3.05, 3.63) is 54.4 Å². The Morgan fingerprint density at radius 1 is 1.15 bits per heavy atom. The SMILES string of the molecule is COc1ccc(CCNc2ccn3nccc3n2)cc1. The Hall–Kier alpha value is -2.56. The molecule has 5 nitrogen and oxygen atoms in total. The summed E-state index contributed by atoms with van der Waals surface area (Å²) in [6.07, 6.45) is 4.58. The molecule has 0 fully saturated rings. The summed E-state index contributed by atoms with van der Waals surface area (Å²) in [5, 5.41) is 7.44. The number of aromatic nitrogens is 3. The number of nitrogens with zero attached hydrogens (tertiary/aromatic N) is 3. The molecule has 2 aromatic heterocycles. The van der Waals surface area contributed by atoms with Crippen molar-refractivity contribution >= 4 is 11.5 Å². The van der Waals surface area contributed by atoms with Gasteiger partial charge in [-0.05, 0) is 30.2 Å². The fourth-order valence-electron chi connectivity index (χ4n) is 2.04. The minimum atomic E-state index is 0.837. The van der Waals surface area contributed by atoms with Crippen LogP contribution >= 0.6 is 0 Å². The van der Waals surface area contributed by atoms with Gasteiger partial charge in [-0.1, -0.05) is 12.1 Å². The van der Waals surface area contributed by atoms with E-state index in [1.165, 1.54) is 5.56 Å². The van der Waals surface area contributed by atoms with E-state index < -0.39 is 0 Å². The Morgan fingerprint density at radius 2 is 2.00 bits per heavy atom. The predicted molar refractivity (Wildman–Crippen MR) is 78.2 cm³/mol. The van der Waals surface area contributed by atoms with Gasteiger partial charge in [0, 0.05) is 18.8 Å². The molecule has 1 N–H and O–H groups in total. The highest BCUT2D eigenvalue weighted by molar-refractivity contribution is 5.45. The summed E-state index contributed by atoms with van der Waals surface area (Å²) in [7, 11) is 1.68. The lowest BCUT2D eigenvalue weighted by molar-refractivity contribution is 0.414. The van der Waals surface area contributed by atoms with Crippen LogP contribution in [0.5, 0.6) is 5.75 Å². The normalized spacial score (nSPS) is 10.7. The second kappa shape index (κ2) is 5.61. The molecule has 5 heteroatoms. The van der Waals surface area contributed by atoms with Crippen LogP contribution in [0.25, 0.3) is 5.65 Å². The first-order chi connectivity index (χ1) is 9.85. The first kappa shape index (κ1) is 12.5. The number of ether oxygens (including phenoxy) is 1. The smallest absolute Gasteiger partial charge is 0.157 e. The standard InChI is InChI=1S/C15H16N4O/c1-20-13-4-2-12(3-5-13)6-9-16-14-8-11-19-15(18-14)7-10-17-19/h2-5,7-8,10-11H,6,9H2,1H3,(H,16,18). The van der Waals surface area contributed by atoms with E-state index in [0.717, 1.165) is 30.2 Å². The van der Waals surface area contributed by atoms with Gasteiger partial charge >= 0.3 is 0 Å². The molecular formula is C15H16N4O. The van der Waals surface area contributed by atoms with Crippen LogP contribution < -0.4 is 10.1 Å². The average Bonchev–Trinajstić information content (AvgIpc) is 2.95. The van der Waals surface area contributed by atoms with Crippen molar-refractivity contribution in [3.8, 4) is 5.75 Å². The van der Waals surface area contributed by atoms with Crippen molar-refractivity contribution in [2.24, 2.45) is 0 Å². The van der Waals surface area contributed by atoms with Gasteiger partial charge in [-0.25, -0.2) is 9.50 Å². The van der Waals surface area contributed by atoms with E-state index in [-0.39, 0.29) is 0 Å². The molecule has 0 aliphatic rings. The monoisotopic (exact) mass is 268 g/mol. The van der Waals surface area contributed by atoms with Crippen LogP contribution in [0.15, 0.2) is 48.8 Å². The first-order valence-electron chi connectivity index (χ1n) is 6.52. The molecule has 1 aromatic carbocycles. The van der Waals surface area contributed by atoms with E-state index in [1.807, 2.05) is 30.5 Å². The highest BCUT2D eigenvalue weighted by Crippen LogP contribution is 2.12. The lowest BCUT2D eigenvalue weighted by atomic mass is 10.1. The lowest BCUT2D eigenvalue weighted by Crippen LogP contribution is -2.07. The van der Waals surface area contributed by atoms with Crippen LogP contribution in [0.2, 0.25) is 0 Å². The predicted octanol–water partition coefficient (Wildman–Crippen LogP) is 2.39. The third-order valence-electron chi connectivity index (χ3n) is 3.14. The topological polar surface area (TPSA) is 51.5 Å². The van der Waals surface area contributed by atoms with Crippen molar-refractivity contribution in [2.45, 2.75) is 6.42 Å². The fraction of sp³-hybridized carbons (Fsp3) is 0.200. The quantitative estimate of drug-likeness (QED) is 0.772. The molecule has 0 saturated carbocycles. The van der Waals surface area contributed by atoms with E-state index in [9.17, 15) is 0 Å². The number of hydrogen-bond acceptors (Lipinski definition) is 4. The molecule has 2 heterocycles. The molecule has 0 unspecified atom stereocenters. The molecule has 0 aliphatic carbocycles. The molecule has 0 amide bonds. The van der Waals surface area contributed by atoms with E-state index in [0.29, 0.717) is 0 Å². The van der Waals surface area contributed by atoms with E-state index in [4.69, 9.17) is 4.74 Å². The summed E-state index contributed by atoms with van der Waals surface area (Å²) in [5.41, 5.74) is 2.11. The molecule has 0 aliphatic heterocycles. The molecule has 0 bridgehead atoms. The molecule has 102 valence electrons. The zero-order chi connectivity index (χ0) is 13.8. The molecule has 0 radical (unpaired) electrons. The lowest BCUT2D eigenvalue weighted by Gasteiger charge is -2.06. The Bertz CT molecular complexity index is 690. The summed E-state index contributed by atoms with van der Waals surface area (Å²) in [6, 6.07) is 11.9. The van der Waals surface area contributed by atoms with E-state index in [1.54, 1.807) is 17.8 Å². The van der Waals surface area contributed by atoms with Gasteiger partial charge in [0.1, 0.15) is 11.6 Å². The van der Waals surface area contributed by atoms with Gasteiger partial charge in [0.25, 0.3) is 0 Å². The molecular weight excluding hydrogens is 252 g/mol. The number of hydrogen-bond donors (Lipinski definition) is 1. The largest absolute Gasteiger partial charge is 0.497 e. The van der Waals surface area contributed by atoms with Gasteiger partial charge in [-0.2, -0.15) is 5.10 Å². The van der Waals surface area contributed by atoms with Gasteiger partial charge < -0.3 is 10.1 Å². The maximum Gasteiger partial charge on any atom is 0.157 e. The zero-order valence-corrected chi connectivity index (χ0v) is 11.3. The number of fused-ring (bicyclic) bond motifs is 1. The number of methoxy groups -OCH3 is 1. The Kier molecular flexibility index (Phi) is 3.50. The van der Waals surface area contributed by atoms with Gasteiger partial charge in [-0.3, -0.25) is 0 Å². The first-order valence-corrected chi connectivity index (χ1v) is 6.52. The molecule has 0 saturated heterocycles. The molecule has 0 atom stereocenters. The molecule has 20 heavy (non-hydrogen) atoms. The van der Waals surface area contributed by atoms with Crippen LogP contribution in [0.3, 0.4) is 0 Å². The maximum atomic E-state index is 5.14. The Balaban J connectivity index is 1.58. The summed E-state index contributed by atoms with van der Waals surface area (Å²) < 4.78 is 6.89. The van der Waals surface area contributed by atoms with Crippen LogP contribution in [0, 0.1) is 0 Å². The molecule has 3 aromatic rings. The number of anilines is 1. The number of nitrogens with one attached hydrogen (secondary N) is 1. The fourth-order valence-corrected chi connectivity index (χ4v) is 2.04. The molecule has 3 rings (SSSR count). The highest BCUT2D eigenvalue weighted by atomic mass is 16.5. The summed E-state index contributed by atoms with van der Waals surface area (Å²) in [5.74, 6) is 1.75. The second-order valence-electron chi connectivity index (χ2n) is 4.47. The third-order valence-corrected chi connectivity index (χ3v) is 3.14. The van der Waals surface area contributed by atoms with Gasteiger partial charge in [0.15, 0.2) is 5.65 Å². The highest BCUT2D eigenvalue weighted by Gasteiger charge is 1.99. The van der Waals surface area contributed by atoms with Crippen molar-refractivity contribution < 1.29 is 4.74 Å². The van der Waals surface area contributed by atoms with Crippen molar-refractivity contribution in [3.63, 3.8) is 0 Å². The van der Waals surface area contributed by atoms with Crippen LogP contribution in [-0.2, 0) is 6.42 Å². The van der Waals surface area contributed by atoms with Crippen LogP contribution in [-0.4, -0.2) is 28.3 Å². The number of rotatable bonds is 5. The zero-order valence-electron chi connectivity index (χ0n) is 11.3. The summed E-state index contributed by atoms with van der Waals surface area (Å²) in [6.45, 7) is 0.837. The number of benzene rings is 1. The summed E-state index contributed by atoms with van der Waals surface area (Å²) in [4.78, 5) is 4.46. The Labute approximate surface area is 117 Å². The molecule has 0 spiro atoms. The maximum absolute atomic E-state index is 5.14. The Morgan fingerprint density at radius 3 is 2.80 bits per heavy atom. The van der Waals surface area contributed by atoms with Crippen molar-refractivity contribution in [2.75, 3.05) is 19.0 Å². The van der Waals surface area contributed by atoms with Crippen molar-refractivity contribution in [1.82, 2.24) is 14.6 Å². The van der Waals surface area contributed by atoms with Gasteiger partial charge in [0.05, 0.1) is 13.3 Å². The van der Waals surface area contributed by atoms with Gasteiger partial charge in [0.2, 0.25) is 0 Å². The third kappa shape index (κ3) is 2.71. The average molecular weight is 268 g/mol.